The highest BCUT2D eigenvalue weighted by Crippen LogP contribution is 2.35. The smallest absolute Gasteiger partial charge is 0.217 e. The summed E-state index contributed by atoms with van der Waals surface area (Å²) in [5.74, 6) is 0. The molecule has 0 spiro atoms. The van der Waals surface area contributed by atoms with Gasteiger partial charge in [0.15, 0.2) is 0 Å². The largest absolute Gasteiger partial charge is 0.726 e. The topological polar surface area (TPSA) is 79.3 Å². The molecule has 0 aromatic carbocycles. The molecule has 2 heterocycles. The summed E-state index contributed by atoms with van der Waals surface area (Å²) in [6.45, 7) is 1.29. The molecule has 1 fully saturated rings. The minimum atomic E-state index is -4.41. The Morgan fingerprint density at radius 3 is 2.47 bits per heavy atom. The number of aromatic nitrogens is 1. The highest BCUT2D eigenvalue weighted by molar-refractivity contribution is 7.80. The van der Waals surface area contributed by atoms with Gasteiger partial charge in [0.2, 0.25) is 10.4 Å². The van der Waals surface area contributed by atoms with Crippen LogP contribution in [0.1, 0.15) is 24.4 Å². The van der Waals surface area contributed by atoms with Crippen LogP contribution in [-0.4, -0.2) is 50.2 Å². The molecule has 1 saturated heterocycles. The molecule has 1 atom stereocenters. The Kier molecular flexibility index (Phi) is 5.42. The van der Waals surface area contributed by atoms with Gasteiger partial charge in [0.25, 0.3) is 0 Å². The molecule has 1 aromatic rings. The zero-order valence-corrected chi connectivity index (χ0v) is 12.3. The molecule has 0 bridgehead atoms. The number of pyridine rings is 1. The third-order valence-corrected chi connectivity index (χ3v) is 3.74. The molecule has 0 amide bonds. The van der Waals surface area contributed by atoms with Gasteiger partial charge in [-0.15, -0.1) is 0 Å². The van der Waals surface area contributed by atoms with Gasteiger partial charge >= 0.3 is 0 Å². The highest BCUT2D eigenvalue weighted by Gasteiger charge is 2.35. The fourth-order valence-electron chi connectivity index (χ4n) is 2.34. The van der Waals surface area contributed by atoms with Gasteiger partial charge in [0.05, 0.1) is 27.7 Å². The Morgan fingerprint density at radius 1 is 1.47 bits per heavy atom. The lowest BCUT2D eigenvalue weighted by Gasteiger charge is -2.31. The number of likely N-dealkylation sites (tertiary alicyclic amines) is 1. The third-order valence-electron chi connectivity index (χ3n) is 3.33. The first-order valence-electron chi connectivity index (χ1n) is 6.00. The number of hydrogen-bond acceptors (Lipinski definition) is 5. The van der Waals surface area contributed by atoms with Crippen LogP contribution >= 0.6 is 0 Å². The highest BCUT2D eigenvalue weighted by atomic mass is 32.3. The van der Waals surface area contributed by atoms with E-state index in [-0.39, 0.29) is 0 Å². The number of hydrogen-bond donors (Lipinski definition) is 0. The van der Waals surface area contributed by atoms with Gasteiger partial charge < -0.3 is 9.04 Å². The molecular weight excluding hydrogens is 268 g/mol. The van der Waals surface area contributed by atoms with Crippen LogP contribution in [0, 0.1) is 0 Å². The van der Waals surface area contributed by atoms with Gasteiger partial charge in [-0.3, -0.25) is 9.17 Å². The van der Waals surface area contributed by atoms with E-state index in [1.807, 2.05) is 18.5 Å². The van der Waals surface area contributed by atoms with Gasteiger partial charge in [-0.05, 0) is 6.07 Å². The summed E-state index contributed by atoms with van der Waals surface area (Å²) in [7, 11) is 1.02. The lowest BCUT2D eigenvalue weighted by molar-refractivity contribution is -0.908. The maximum Gasteiger partial charge on any atom is 0.217 e. The predicted molar refractivity (Wildman–Crippen MR) is 69.9 cm³/mol. The molecule has 2 rings (SSSR count). The van der Waals surface area contributed by atoms with Crippen LogP contribution in [0.25, 0.3) is 0 Å². The second-order valence-corrected chi connectivity index (χ2v) is 6.17. The molecule has 1 aromatic heterocycles. The third kappa shape index (κ3) is 5.23. The maximum absolute atomic E-state index is 9.22. The molecular formula is C12H20N2O4S. The first kappa shape index (κ1) is 16.0. The predicted octanol–water partition coefficient (Wildman–Crippen LogP) is 1.09. The number of rotatable bonds is 2. The zero-order valence-electron chi connectivity index (χ0n) is 11.4. The van der Waals surface area contributed by atoms with Crippen molar-refractivity contribution in [2.45, 2.75) is 18.9 Å². The van der Waals surface area contributed by atoms with E-state index >= 15 is 0 Å². The first-order valence-corrected chi connectivity index (χ1v) is 7.33. The van der Waals surface area contributed by atoms with E-state index in [1.54, 1.807) is 0 Å². The van der Waals surface area contributed by atoms with Crippen LogP contribution in [-0.2, 0) is 14.6 Å². The molecule has 19 heavy (non-hydrogen) atoms. The molecule has 0 aliphatic carbocycles. The van der Waals surface area contributed by atoms with Gasteiger partial charge in [-0.1, -0.05) is 6.07 Å². The Balaban J connectivity index is 0.000000258. The van der Waals surface area contributed by atoms with Gasteiger partial charge in [-0.2, -0.15) is 0 Å². The van der Waals surface area contributed by atoms with Crippen molar-refractivity contribution in [3.63, 3.8) is 0 Å². The summed E-state index contributed by atoms with van der Waals surface area (Å²) >= 11 is 0. The summed E-state index contributed by atoms with van der Waals surface area (Å²) in [4.78, 5) is 4.18. The van der Waals surface area contributed by atoms with Crippen LogP contribution in [0.15, 0.2) is 24.5 Å². The summed E-state index contributed by atoms with van der Waals surface area (Å²) in [5, 5.41) is 0. The van der Waals surface area contributed by atoms with Gasteiger partial charge in [0.1, 0.15) is 6.04 Å². The molecule has 1 aliphatic heterocycles. The minimum Gasteiger partial charge on any atom is -0.726 e. The fraction of sp³-hybridized carbons (Fsp3) is 0.583. The lowest BCUT2D eigenvalue weighted by atomic mass is 10.1. The van der Waals surface area contributed by atoms with Crippen LogP contribution in [0.3, 0.4) is 0 Å². The zero-order chi connectivity index (χ0) is 14.5. The van der Waals surface area contributed by atoms with E-state index in [0.29, 0.717) is 6.04 Å². The van der Waals surface area contributed by atoms with E-state index in [0.717, 1.165) is 11.6 Å². The van der Waals surface area contributed by atoms with E-state index in [1.165, 1.54) is 24.9 Å². The van der Waals surface area contributed by atoms with Crippen LogP contribution in [0.4, 0.5) is 0 Å². The average molecular weight is 288 g/mol. The van der Waals surface area contributed by atoms with Gasteiger partial charge in [0, 0.05) is 30.8 Å². The summed E-state index contributed by atoms with van der Waals surface area (Å²) < 4.78 is 32.1. The van der Waals surface area contributed by atoms with Crippen molar-refractivity contribution in [3.8, 4) is 0 Å². The van der Waals surface area contributed by atoms with Crippen LogP contribution < -0.4 is 0 Å². The Hall–Kier alpha value is -1.02. The van der Waals surface area contributed by atoms with Crippen molar-refractivity contribution in [2.24, 2.45) is 0 Å². The molecule has 1 aliphatic rings. The van der Waals surface area contributed by atoms with E-state index in [2.05, 4.69) is 29.3 Å². The molecule has 7 heteroatoms. The molecule has 0 radical (unpaired) electrons. The molecule has 108 valence electrons. The van der Waals surface area contributed by atoms with Crippen LogP contribution in [0.2, 0.25) is 0 Å². The summed E-state index contributed by atoms with van der Waals surface area (Å²) in [5.41, 5.74) is 1.39. The minimum absolute atomic E-state index is 0.661. The second-order valence-electron chi connectivity index (χ2n) is 5.02. The monoisotopic (exact) mass is 288 g/mol. The fourth-order valence-corrected chi connectivity index (χ4v) is 2.34. The summed E-state index contributed by atoms with van der Waals surface area (Å²) in [6.07, 6.45) is 6.50. The van der Waals surface area contributed by atoms with Crippen molar-refractivity contribution in [3.05, 3.63) is 30.1 Å². The molecule has 1 unspecified atom stereocenters. The Labute approximate surface area is 114 Å². The van der Waals surface area contributed by atoms with Crippen molar-refractivity contribution < 1.29 is 21.6 Å². The number of nitrogens with zero attached hydrogens (tertiary/aromatic N) is 2. The quantitative estimate of drug-likeness (QED) is 0.462. The second kappa shape index (κ2) is 6.42. The standard InChI is InChI=1S/C11H17N2.CH4O4S/c1-13(2)8-4-6-11(13)10-5-3-7-12-9-10;1-5-6(2,3)4/h3,5,7,9,11H,4,6,8H2,1-2H3;1H3,(H,2,3,4)/q+1;/p-1. The number of quaternary nitrogens is 1. The molecule has 0 N–H and O–H groups in total. The van der Waals surface area contributed by atoms with E-state index in [4.69, 9.17) is 0 Å². The van der Waals surface area contributed by atoms with Gasteiger partial charge in [-0.25, -0.2) is 8.42 Å². The van der Waals surface area contributed by atoms with Crippen molar-refractivity contribution in [1.29, 1.82) is 0 Å². The average Bonchev–Trinajstić information content (AvgIpc) is 2.70. The lowest BCUT2D eigenvalue weighted by Crippen LogP contribution is -2.38. The normalized spacial score (nSPS) is 21.6. The SMILES string of the molecule is COS(=O)(=O)[O-].C[N+]1(C)CCCC1c1cccnc1. The molecule has 0 saturated carbocycles. The first-order chi connectivity index (χ1) is 8.76. The van der Waals surface area contributed by atoms with E-state index in [9.17, 15) is 13.0 Å². The van der Waals surface area contributed by atoms with Crippen molar-refractivity contribution in [1.82, 2.24) is 4.98 Å². The van der Waals surface area contributed by atoms with E-state index < -0.39 is 10.4 Å². The van der Waals surface area contributed by atoms with Crippen molar-refractivity contribution >= 4 is 10.4 Å². The maximum atomic E-state index is 9.22. The summed E-state index contributed by atoms with van der Waals surface area (Å²) in [6, 6.07) is 4.89. The van der Waals surface area contributed by atoms with Crippen molar-refractivity contribution in [2.75, 3.05) is 27.7 Å². The Morgan fingerprint density at radius 2 is 2.11 bits per heavy atom. The van der Waals surface area contributed by atoms with Crippen LogP contribution in [0.5, 0.6) is 0 Å². The molecule has 6 nitrogen and oxygen atoms in total. The Bertz CT molecular complexity index is 488.